The monoisotopic (exact) mass is 298 g/mol. The zero-order valence-corrected chi connectivity index (χ0v) is 12.3. The summed E-state index contributed by atoms with van der Waals surface area (Å²) in [4.78, 5) is 4.68. The first-order chi connectivity index (χ1) is 9.22. The molecule has 1 aliphatic rings. The van der Waals surface area contributed by atoms with Crippen LogP contribution in [0.4, 0.5) is 0 Å². The molecule has 2 unspecified atom stereocenters. The molecular weight excluding hydrogens is 283 g/mol. The Labute approximate surface area is 122 Å². The molecule has 2 heterocycles. The van der Waals surface area contributed by atoms with E-state index in [1.54, 1.807) is 0 Å². The van der Waals surface area contributed by atoms with E-state index >= 15 is 0 Å². The van der Waals surface area contributed by atoms with E-state index in [4.69, 9.17) is 27.9 Å². The Morgan fingerprint density at radius 1 is 1.47 bits per heavy atom. The smallest absolute Gasteiger partial charge is 0.111 e. The summed E-state index contributed by atoms with van der Waals surface area (Å²) in [7, 11) is 0. The molecule has 0 amide bonds. The van der Waals surface area contributed by atoms with Crippen LogP contribution in [0.15, 0.2) is 18.2 Å². The predicted octanol–water partition coefficient (Wildman–Crippen LogP) is 3.82. The van der Waals surface area contributed by atoms with Gasteiger partial charge in [-0.3, -0.25) is 0 Å². The quantitative estimate of drug-likeness (QED) is 0.806. The Kier molecular flexibility index (Phi) is 3.70. The van der Waals surface area contributed by atoms with Gasteiger partial charge in [0.25, 0.3) is 0 Å². The molecule has 0 radical (unpaired) electrons. The second-order valence-electron chi connectivity index (χ2n) is 4.88. The van der Waals surface area contributed by atoms with Crippen LogP contribution in [0, 0.1) is 0 Å². The van der Waals surface area contributed by atoms with Crippen molar-refractivity contribution in [2.75, 3.05) is 12.5 Å². The third kappa shape index (κ3) is 2.24. The van der Waals surface area contributed by atoms with E-state index in [0.717, 1.165) is 41.3 Å². The molecule has 1 aliphatic heterocycles. The number of nitrogens with zero attached hydrogens (tertiary/aromatic N) is 2. The van der Waals surface area contributed by atoms with Crippen LogP contribution in [0.2, 0.25) is 5.02 Å². The summed E-state index contributed by atoms with van der Waals surface area (Å²) in [6.45, 7) is 2.89. The van der Waals surface area contributed by atoms with Crippen LogP contribution in [0.3, 0.4) is 0 Å². The average molecular weight is 299 g/mol. The Bertz CT molecular complexity index is 596. The van der Waals surface area contributed by atoms with Crippen molar-refractivity contribution < 1.29 is 4.74 Å². The fourth-order valence-corrected chi connectivity index (χ4v) is 3.26. The molecule has 1 saturated heterocycles. The Hall–Kier alpha value is -0.770. The first kappa shape index (κ1) is 13.2. The topological polar surface area (TPSA) is 27.1 Å². The molecule has 1 aromatic heterocycles. The second kappa shape index (κ2) is 5.31. The van der Waals surface area contributed by atoms with Crippen molar-refractivity contribution in [1.29, 1.82) is 0 Å². The van der Waals surface area contributed by atoms with Gasteiger partial charge in [0.05, 0.1) is 28.2 Å². The van der Waals surface area contributed by atoms with Crippen LogP contribution in [0.25, 0.3) is 11.0 Å². The molecule has 0 aliphatic carbocycles. The van der Waals surface area contributed by atoms with Crippen LogP contribution < -0.4 is 0 Å². The lowest BCUT2D eigenvalue weighted by atomic mass is 10.1. The molecule has 0 bridgehead atoms. The number of hydrogen-bond acceptors (Lipinski definition) is 2. The van der Waals surface area contributed by atoms with Gasteiger partial charge >= 0.3 is 0 Å². The maximum absolute atomic E-state index is 6.37. The minimum atomic E-state index is 0.183. The molecule has 3 rings (SSSR count). The van der Waals surface area contributed by atoms with Crippen molar-refractivity contribution >= 4 is 34.2 Å². The molecule has 1 aromatic carbocycles. The number of aromatic nitrogens is 2. The highest BCUT2D eigenvalue weighted by Gasteiger charge is 2.29. The Morgan fingerprint density at radius 2 is 2.32 bits per heavy atom. The zero-order chi connectivity index (χ0) is 13.4. The van der Waals surface area contributed by atoms with Crippen molar-refractivity contribution in [1.82, 2.24) is 9.55 Å². The minimum absolute atomic E-state index is 0.183. The number of halogens is 2. The summed E-state index contributed by atoms with van der Waals surface area (Å²) >= 11 is 12.3. The van der Waals surface area contributed by atoms with E-state index in [0.29, 0.717) is 11.9 Å². The van der Waals surface area contributed by atoms with Crippen LogP contribution in [0.5, 0.6) is 0 Å². The number of fused-ring (bicyclic) bond motifs is 1. The Morgan fingerprint density at radius 3 is 3.00 bits per heavy atom. The fraction of sp³-hybridized carbons (Fsp3) is 0.500. The van der Waals surface area contributed by atoms with Gasteiger partial charge in [-0.05, 0) is 25.5 Å². The Balaban J connectivity index is 2.20. The van der Waals surface area contributed by atoms with Gasteiger partial charge in [-0.25, -0.2) is 4.98 Å². The van der Waals surface area contributed by atoms with Gasteiger partial charge in [0, 0.05) is 18.9 Å². The number of imidazole rings is 1. The molecule has 0 spiro atoms. The summed E-state index contributed by atoms with van der Waals surface area (Å²) in [5.74, 6) is 1.56. The highest BCUT2D eigenvalue weighted by Crippen LogP contribution is 2.34. The zero-order valence-electron chi connectivity index (χ0n) is 10.8. The standard InChI is InChI=1S/C14H16Cl2N2O/c1-9-12(6-8-19-9)18-13(5-7-15)17-11-4-2-3-10(16)14(11)18/h2-4,9,12H,5-8H2,1H3. The normalized spacial score (nSPS) is 23.3. The van der Waals surface area contributed by atoms with E-state index in [1.165, 1.54) is 0 Å². The summed E-state index contributed by atoms with van der Waals surface area (Å²) < 4.78 is 7.92. The highest BCUT2D eigenvalue weighted by atomic mass is 35.5. The van der Waals surface area contributed by atoms with E-state index < -0.39 is 0 Å². The summed E-state index contributed by atoms with van der Waals surface area (Å²) in [6.07, 6.45) is 1.92. The molecule has 3 nitrogen and oxygen atoms in total. The van der Waals surface area contributed by atoms with E-state index in [-0.39, 0.29) is 6.10 Å². The van der Waals surface area contributed by atoms with Gasteiger partial charge in [-0.1, -0.05) is 17.7 Å². The molecule has 1 fully saturated rings. The van der Waals surface area contributed by atoms with E-state index in [2.05, 4.69) is 16.5 Å². The number of para-hydroxylation sites is 1. The van der Waals surface area contributed by atoms with Gasteiger partial charge in [0.15, 0.2) is 0 Å². The third-order valence-electron chi connectivity index (χ3n) is 3.72. The average Bonchev–Trinajstić information content (AvgIpc) is 2.94. The van der Waals surface area contributed by atoms with Gasteiger partial charge < -0.3 is 9.30 Å². The molecule has 2 aromatic rings. The molecule has 2 atom stereocenters. The van der Waals surface area contributed by atoms with Crippen LogP contribution in [-0.4, -0.2) is 28.1 Å². The molecule has 0 saturated carbocycles. The lowest BCUT2D eigenvalue weighted by molar-refractivity contribution is 0.108. The van der Waals surface area contributed by atoms with Crippen molar-refractivity contribution in [3.05, 3.63) is 29.0 Å². The molecule has 102 valence electrons. The van der Waals surface area contributed by atoms with Gasteiger partial charge in [-0.15, -0.1) is 11.6 Å². The molecular formula is C14H16Cl2N2O. The van der Waals surface area contributed by atoms with E-state index in [1.807, 2.05) is 18.2 Å². The maximum atomic E-state index is 6.37. The number of alkyl halides is 1. The minimum Gasteiger partial charge on any atom is -0.376 e. The van der Waals surface area contributed by atoms with Crippen molar-refractivity contribution in [3.8, 4) is 0 Å². The SMILES string of the molecule is CC1OCCC1n1c(CCCl)nc2cccc(Cl)c21. The maximum Gasteiger partial charge on any atom is 0.111 e. The van der Waals surface area contributed by atoms with Crippen LogP contribution in [-0.2, 0) is 11.2 Å². The molecule has 19 heavy (non-hydrogen) atoms. The van der Waals surface area contributed by atoms with E-state index in [9.17, 15) is 0 Å². The fourth-order valence-electron chi connectivity index (χ4n) is 2.83. The van der Waals surface area contributed by atoms with Crippen molar-refractivity contribution in [2.24, 2.45) is 0 Å². The molecule has 0 N–H and O–H groups in total. The van der Waals surface area contributed by atoms with Gasteiger partial charge in [0.1, 0.15) is 5.82 Å². The summed E-state index contributed by atoms with van der Waals surface area (Å²) in [5, 5.41) is 0.741. The second-order valence-corrected chi connectivity index (χ2v) is 5.66. The largest absolute Gasteiger partial charge is 0.376 e. The van der Waals surface area contributed by atoms with Crippen LogP contribution in [0.1, 0.15) is 25.2 Å². The third-order valence-corrected chi connectivity index (χ3v) is 4.21. The molecule has 5 heteroatoms. The predicted molar refractivity (Wildman–Crippen MR) is 78.2 cm³/mol. The summed E-state index contributed by atoms with van der Waals surface area (Å²) in [5.41, 5.74) is 1.94. The van der Waals surface area contributed by atoms with Gasteiger partial charge in [-0.2, -0.15) is 0 Å². The van der Waals surface area contributed by atoms with Crippen molar-refractivity contribution in [3.63, 3.8) is 0 Å². The van der Waals surface area contributed by atoms with Gasteiger partial charge in [0.2, 0.25) is 0 Å². The first-order valence-corrected chi connectivity index (χ1v) is 7.46. The number of aryl methyl sites for hydroxylation is 1. The summed E-state index contributed by atoms with van der Waals surface area (Å²) in [6, 6.07) is 6.13. The van der Waals surface area contributed by atoms with Crippen molar-refractivity contribution in [2.45, 2.75) is 31.9 Å². The highest BCUT2D eigenvalue weighted by molar-refractivity contribution is 6.35. The first-order valence-electron chi connectivity index (χ1n) is 6.55. The number of hydrogen-bond donors (Lipinski definition) is 0. The lowest BCUT2D eigenvalue weighted by Gasteiger charge is -2.20. The number of rotatable bonds is 3. The number of ether oxygens (including phenoxy) is 1. The number of benzene rings is 1. The van der Waals surface area contributed by atoms with Crippen LogP contribution >= 0.6 is 23.2 Å². The lowest BCUT2D eigenvalue weighted by Crippen LogP contribution is -2.19.